The van der Waals surface area contributed by atoms with Crippen LogP contribution >= 0.6 is 0 Å². The number of unbranched alkanes of at least 4 members (excludes halogenated alkanes) is 41. The summed E-state index contributed by atoms with van der Waals surface area (Å²) in [5, 5.41) is 0. The highest BCUT2D eigenvalue weighted by molar-refractivity contribution is 5.71. The van der Waals surface area contributed by atoms with E-state index in [-0.39, 0.29) is 31.1 Å². The molecule has 1 unspecified atom stereocenters. The van der Waals surface area contributed by atoms with Crippen molar-refractivity contribution in [3.05, 3.63) is 0 Å². The second-order valence-electron chi connectivity index (χ2n) is 20.9. The van der Waals surface area contributed by atoms with Gasteiger partial charge in [0.2, 0.25) is 0 Å². The van der Waals surface area contributed by atoms with Crippen LogP contribution in [0.5, 0.6) is 0 Å². The van der Waals surface area contributed by atoms with Gasteiger partial charge in [0.1, 0.15) is 13.2 Å². The summed E-state index contributed by atoms with van der Waals surface area (Å²) in [5.41, 5.74) is 0. The van der Waals surface area contributed by atoms with Crippen molar-refractivity contribution >= 4 is 17.9 Å². The Balaban J connectivity index is 4.20. The first-order valence-corrected chi connectivity index (χ1v) is 29.9. The van der Waals surface area contributed by atoms with E-state index in [2.05, 4.69) is 27.7 Å². The lowest BCUT2D eigenvalue weighted by Crippen LogP contribution is -2.30. The lowest BCUT2D eigenvalue weighted by atomic mass is 9.99. The molecule has 0 aliphatic carbocycles. The minimum Gasteiger partial charge on any atom is -0.462 e. The molecule has 0 aromatic rings. The Morgan fingerprint density at radius 2 is 0.530 bits per heavy atom. The molecule has 0 N–H and O–H groups in total. The molecule has 0 aliphatic heterocycles. The Hall–Kier alpha value is -1.59. The first kappa shape index (κ1) is 64.4. The van der Waals surface area contributed by atoms with Crippen LogP contribution in [-0.2, 0) is 28.6 Å². The predicted molar refractivity (Wildman–Crippen MR) is 284 cm³/mol. The second-order valence-corrected chi connectivity index (χ2v) is 20.9. The molecule has 0 heterocycles. The maximum absolute atomic E-state index is 12.8. The van der Waals surface area contributed by atoms with Gasteiger partial charge < -0.3 is 14.2 Å². The maximum Gasteiger partial charge on any atom is 0.306 e. The molecule has 0 aliphatic rings. The van der Waals surface area contributed by atoms with Crippen LogP contribution < -0.4 is 0 Å². The standard InChI is InChI=1S/C60H116O6/c1-5-8-10-12-14-16-18-20-28-32-35-39-43-47-51-58(61)64-54-57(66-60(63)53-49-45-41-37-31-19-17-15-13-11-9-6-2)55-65-59(62)52-48-44-40-36-33-29-26-24-22-21-23-25-27-30-34-38-42-46-50-56(4)7-3/h56-57H,5-55H2,1-4H3/t56?,57-/m0/s1. The van der Waals surface area contributed by atoms with E-state index in [4.69, 9.17) is 14.2 Å². The smallest absolute Gasteiger partial charge is 0.306 e. The van der Waals surface area contributed by atoms with Gasteiger partial charge in [0, 0.05) is 19.3 Å². The lowest BCUT2D eigenvalue weighted by molar-refractivity contribution is -0.167. The SMILES string of the molecule is CCCCCCCCCCCCCCCCC(=O)OC[C@@H](COC(=O)CCCCCCCCCCCCCCCCCCCCC(C)CC)OC(=O)CCCCCCCCCCCCCC. The maximum atomic E-state index is 12.8. The average Bonchev–Trinajstić information content (AvgIpc) is 3.32. The fraction of sp³-hybridized carbons (Fsp3) is 0.950. The number of esters is 3. The molecule has 0 aromatic heterocycles. The summed E-state index contributed by atoms with van der Waals surface area (Å²) in [6.07, 6.45) is 59.5. The highest BCUT2D eigenvalue weighted by Crippen LogP contribution is 2.19. The molecule has 0 radical (unpaired) electrons. The van der Waals surface area contributed by atoms with E-state index < -0.39 is 6.10 Å². The van der Waals surface area contributed by atoms with E-state index in [1.54, 1.807) is 0 Å². The summed E-state index contributed by atoms with van der Waals surface area (Å²) in [6, 6.07) is 0. The molecule has 0 fully saturated rings. The molecule has 66 heavy (non-hydrogen) atoms. The number of carbonyl (C=O) groups is 3. The topological polar surface area (TPSA) is 78.9 Å². The van der Waals surface area contributed by atoms with Crippen LogP contribution in [0, 0.1) is 5.92 Å². The molecule has 6 heteroatoms. The van der Waals surface area contributed by atoms with E-state index in [0.29, 0.717) is 19.3 Å². The Bertz CT molecular complexity index is 998. The molecule has 6 nitrogen and oxygen atoms in total. The van der Waals surface area contributed by atoms with Gasteiger partial charge in [-0.15, -0.1) is 0 Å². The zero-order chi connectivity index (χ0) is 48.1. The zero-order valence-electron chi connectivity index (χ0n) is 45.2. The molecule has 0 bridgehead atoms. The Labute approximate surface area is 412 Å². The monoisotopic (exact) mass is 933 g/mol. The predicted octanol–water partition coefficient (Wildman–Crippen LogP) is 19.8. The van der Waals surface area contributed by atoms with Crippen molar-refractivity contribution in [3.63, 3.8) is 0 Å². The fourth-order valence-corrected chi connectivity index (χ4v) is 9.25. The third-order valence-corrected chi connectivity index (χ3v) is 14.2. The quantitative estimate of drug-likeness (QED) is 0.0343. The van der Waals surface area contributed by atoms with Gasteiger partial charge in [0.25, 0.3) is 0 Å². The Morgan fingerprint density at radius 3 is 0.788 bits per heavy atom. The third-order valence-electron chi connectivity index (χ3n) is 14.2. The van der Waals surface area contributed by atoms with Gasteiger partial charge in [-0.1, -0.05) is 304 Å². The molecule has 0 spiro atoms. The first-order chi connectivity index (χ1) is 32.4. The summed E-state index contributed by atoms with van der Waals surface area (Å²) < 4.78 is 16.9. The summed E-state index contributed by atoms with van der Waals surface area (Å²) in [7, 11) is 0. The van der Waals surface area contributed by atoms with Crippen molar-refractivity contribution in [3.8, 4) is 0 Å². The van der Waals surface area contributed by atoms with Crippen LogP contribution in [0.2, 0.25) is 0 Å². The molecule has 392 valence electrons. The van der Waals surface area contributed by atoms with Crippen LogP contribution in [0.1, 0.15) is 342 Å². The van der Waals surface area contributed by atoms with Crippen LogP contribution in [-0.4, -0.2) is 37.2 Å². The summed E-state index contributed by atoms with van der Waals surface area (Å²) in [4.78, 5) is 38.1. The molecule has 0 aromatic carbocycles. The van der Waals surface area contributed by atoms with Crippen molar-refractivity contribution < 1.29 is 28.6 Å². The third kappa shape index (κ3) is 51.8. The molecule has 0 saturated heterocycles. The van der Waals surface area contributed by atoms with Crippen molar-refractivity contribution in [2.45, 2.75) is 348 Å². The molecule has 0 amide bonds. The molecular weight excluding hydrogens is 817 g/mol. The van der Waals surface area contributed by atoms with Gasteiger partial charge in [-0.3, -0.25) is 14.4 Å². The second kappa shape index (κ2) is 54.4. The highest BCUT2D eigenvalue weighted by atomic mass is 16.6. The molecular formula is C60H116O6. The van der Waals surface area contributed by atoms with Gasteiger partial charge in [-0.05, 0) is 25.2 Å². The molecule has 0 rings (SSSR count). The summed E-state index contributed by atoms with van der Waals surface area (Å²) >= 11 is 0. The van der Waals surface area contributed by atoms with Crippen LogP contribution in [0.4, 0.5) is 0 Å². The van der Waals surface area contributed by atoms with E-state index in [0.717, 1.165) is 63.7 Å². The lowest BCUT2D eigenvalue weighted by Gasteiger charge is -2.18. The van der Waals surface area contributed by atoms with E-state index in [9.17, 15) is 14.4 Å². The van der Waals surface area contributed by atoms with Crippen molar-refractivity contribution in [1.29, 1.82) is 0 Å². The Morgan fingerprint density at radius 1 is 0.303 bits per heavy atom. The number of ether oxygens (including phenoxy) is 3. The minimum atomic E-state index is -0.761. The minimum absolute atomic E-state index is 0.0616. The van der Waals surface area contributed by atoms with E-state index in [1.807, 2.05) is 0 Å². The summed E-state index contributed by atoms with van der Waals surface area (Å²) in [6.45, 7) is 9.11. The number of rotatable bonds is 55. The molecule has 2 atom stereocenters. The Kier molecular flexibility index (Phi) is 53.0. The van der Waals surface area contributed by atoms with Gasteiger partial charge in [0.05, 0.1) is 0 Å². The number of hydrogen-bond acceptors (Lipinski definition) is 6. The van der Waals surface area contributed by atoms with E-state index >= 15 is 0 Å². The highest BCUT2D eigenvalue weighted by Gasteiger charge is 2.19. The fourth-order valence-electron chi connectivity index (χ4n) is 9.25. The average molecular weight is 934 g/mol. The van der Waals surface area contributed by atoms with Gasteiger partial charge in [0.15, 0.2) is 6.10 Å². The van der Waals surface area contributed by atoms with Gasteiger partial charge in [-0.25, -0.2) is 0 Å². The summed E-state index contributed by atoms with van der Waals surface area (Å²) in [5.74, 6) is 0.0763. The molecule has 0 saturated carbocycles. The van der Waals surface area contributed by atoms with Crippen LogP contribution in [0.3, 0.4) is 0 Å². The normalized spacial score (nSPS) is 12.4. The van der Waals surface area contributed by atoms with Crippen molar-refractivity contribution in [2.75, 3.05) is 13.2 Å². The van der Waals surface area contributed by atoms with Crippen molar-refractivity contribution in [1.82, 2.24) is 0 Å². The van der Waals surface area contributed by atoms with Gasteiger partial charge >= 0.3 is 17.9 Å². The van der Waals surface area contributed by atoms with E-state index in [1.165, 1.54) is 238 Å². The number of carbonyl (C=O) groups excluding carboxylic acids is 3. The van der Waals surface area contributed by atoms with Crippen LogP contribution in [0.25, 0.3) is 0 Å². The van der Waals surface area contributed by atoms with Crippen LogP contribution in [0.15, 0.2) is 0 Å². The largest absolute Gasteiger partial charge is 0.462 e. The zero-order valence-corrected chi connectivity index (χ0v) is 45.2. The van der Waals surface area contributed by atoms with Crippen molar-refractivity contribution in [2.24, 2.45) is 5.92 Å². The van der Waals surface area contributed by atoms with Gasteiger partial charge in [-0.2, -0.15) is 0 Å². The first-order valence-electron chi connectivity index (χ1n) is 29.9. The number of hydrogen-bond donors (Lipinski definition) is 0.